The summed E-state index contributed by atoms with van der Waals surface area (Å²) in [6.45, 7) is 9.86. The number of likely N-dealkylation sites (tertiary alicyclic amines) is 1. The molecule has 0 aromatic carbocycles. The zero-order valence-corrected chi connectivity index (χ0v) is 10.9. The number of nitrogens with zero attached hydrogens (tertiary/aromatic N) is 1. The van der Waals surface area contributed by atoms with Crippen molar-refractivity contribution in [3.05, 3.63) is 0 Å². The molecule has 0 radical (unpaired) electrons. The Morgan fingerprint density at radius 2 is 1.88 bits per heavy atom. The van der Waals surface area contributed by atoms with Crippen LogP contribution < -0.4 is 0 Å². The van der Waals surface area contributed by atoms with Gasteiger partial charge in [0.2, 0.25) is 0 Å². The van der Waals surface area contributed by atoms with Crippen molar-refractivity contribution in [1.82, 2.24) is 4.90 Å². The van der Waals surface area contributed by atoms with Crippen LogP contribution in [0.1, 0.15) is 46.5 Å². The maximum absolute atomic E-state index is 13.9. The molecule has 3 rings (SSSR count). The minimum Gasteiger partial charge on any atom is -0.302 e. The van der Waals surface area contributed by atoms with E-state index in [0.29, 0.717) is 5.41 Å². The first kappa shape index (κ1) is 11.0. The van der Waals surface area contributed by atoms with Gasteiger partial charge in [-0.05, 0) is 50.5 Å². The second kappa shape index (κ2) is 3.01. The maximum Gasteiger partial charge on any atom is 0.116 e. The summed E-state index contributed by atoms with van der Waals surface area (Å²) in [5.41, 5.74) is -0.205. The molecule has 2 heteroatoms. The summed E-state index contributed by atoms with van der Waals surface area (Å²) in [4.78, 5) is 2.54. The van der Waals surface area contributed by atoms with E-state index in [1.54, 1.807) is 6.92 Å². The highest BCUT2D eigenvalue weighted by molar-refractivity contribution is 5.18. The van der Waals surface area contributed by atoms with Gasteiger partial charge in [-0.2, -0.15) is 0 Å². The Morgan fingerprint density at radius 3 is 2.25 bits per heavy atom. The predicted molar refractivity (Wildman–Crippen MR) is 64.1 cm³/mol. The fourth-order valence-corrected chi connectivity index (χ4v) is 3.78. The molecule has 3 fully saturated rings. The number of halogens is 1. The van der Waals surface area contributed by atoms with Gasteiger partial charge in [0.25, 0.3) is 0 Å². The van der Waals surface area contributed by atoms with E-state index in [1.807, 2.05) is 0 Å². The molecule has 0 amide bonds. The van der Waals surface area contributed by atoms with Gasteiger partial charge in [0.1, 0.15) is 5.67 Å². The van der Waals surface area contributed by atoms with E-state index in [-0.39, 0.29) is 5.41 Å². The molecule has 2 atom stereocenters. The summed E-state index contributed by atoms with van der Waals surface area (Å²) in [5.74, 6) is 0.792. The number of rotatable bonds is 3. The van der Waals surface area contributed by atoms with Crippen molar-refractivity contribution < 1.29 is 4.39 Å². The Bertz CT molecular complexity index is 306. The third kappa shape index (κ3) is 1.45. The van der Waals surface area contributed by atoms with Crippen molar-refractivity contribution in [1.29, 1.82) is 0 Å². The average Bonchev–Trinajstić information content (AvgIpc) is 2.97. The summed E-state index contributed by atoms with van der Waals surface area (Å²) in [7, 11) is 0. The number of hydrogen-bond acceptors (Lipinski definition) is 1. The minimum absolute atomic E-state index is 0.0556. The van der Waals surface area contributed by atoms with Crippen molar-refractivity contribution in [2.45, 2.75) is 52.1 Å². The Balaban J connectivity index is 1.60. The van der Waals surface area contributed by atoms with Gasteiger partial charge in [-0.1, -0.05) is 13.8 Å². The lowest BCUT2D eigenvalue weighted by atomic mass is 9.92. The van der Waals surface area contributed by atoms with E-state index in [9.17, 15) is 4.39 Å². The monoisotopic (exact) mass is 225 g/mol. The van der Waals surface area contributed by atoms with Crippen molar-refractivity contribution in [2.75, 3.05) is 19.6 Å². The minimum atomic E-state index is -0.851. The molecule has 92 valence electrons. The van der Waals surface area contributed by atoms with E-state index < -0.39 is 5.67 Å². The van der Waals surface area contributed by atoms with E-state index in [2.05, 4.69) is 18.7 Å². The van der Waals surface area contributed by atoms with Gasteiger partial charge in [-0.25, -0.2) is 4.39 Å². The molecular formula is C14H24FN. The van der Waals surface area contributed by atoms with Gasteiger partial charge < -0.3 is 4.90 Å². The van der Waals surface area contributed by atoms with Crippen molar-refractivity contribution >= 4 is 0 Å². The van der Waals surface area contributed by atoms with Gasteiger partial charge in [-0.3, -0.25) is 0 Å². The molecule has 2 saturated carbocycles. The summed E-state index contributed by atoms with van der Waals surface area (Å²) >= 11 is 0. The van der Waals surface area contributed by atoms with Gasteiger partial charge in [0, 0.05) is 18.5 Å². The second-order valence-corrected chi connectivity index (χ2v) is 7.13. The lowest BCUT2D eigenvalue weighted by Crippen LogP contribution is -2.32. The number of hydrogen-bond donors (Lipinski definition) is 0. The lowest BCUT2D eigenvalue weighted by molar-refractivity contribution is 0.193. The first-order valence-corrected chi connectivity index (χ1v) is 6.81. The molecule has 3 aliphatic rings. The van der Waals surface area contributed by atoms with Gasteiger partial charge in [-0.15, -0.1) is 0 Å². The SMILES string of the molecule is CC(C)C1(CN2CCC3(C2)CC3(C)F)CC1. The molecule has 16 heavy (non-hydrogen) atoms. The van der Waals surface area contributed by atoms with Gasteiger partial charge >= 0.3 is 0 Å². The van der Waals surface area contributed by atoms with Crippen LogP contribution in [0.25, 0.3) is 0 Å². The predicted octanol–water partition coefficient (Wildman–Crippen LogP) is 3.25. The van der Waals surface area contributed by atoms with Crippen molar-refractivity contribution in [3.63, 3.8) is 0 Å². The molecule has 0 bridgehead atoms. The second-order valence-electron chi connectivity index (χ2n) is 7.13. The molecule has 1 saturated heterocycles. The van der Waals surface area contributed by atoms with Crippen LogP contribution in [-0.2, 0) is 0 Å². The Kier molecular flexibility index (Phi) is 2.07. The maximum atomic E-state index is 13.9. The smallest absolute Gasteiger partial charge is 0.116 e. The Labute approximate surface area is 98.4 Å². The first-order valence-electron chi connectivity index (χ1n) is 6.81. The molecule has 2 unspecified atom stereocenters. The zero-order chi connectivity index (χ0) is 11.6. The topological polar surface area (TPSA) is 3.24 Å². The van der Waals surface area contributed by atoms with Crippen LogP contribution in [0, 0.1) is 16.7 Å². The number of alkyl halides is 1. The fourth-order valence-electron chi connectivity index (χ4n) is 3.78. The average molecular weight is 225 g/mol. The van der Waals surface area contributed by atoms with Crippen LogP contribution >= 0.6 is 0 Å². The van der Waals surface area contributed by atoms with Gasteiger partial charge in [0.05, 0.1) is 0 Å². The van der Waals surface area contributed by atoms with Crippen LogP contribution in [0.2, 0.25) is 0 Å². The Morgan fingerprint density at radius 1 is 1.25 bits per heavy atom. The van der Waals surface area contributed by atoms with Crippen LogP contribution in [0.4, 0.5) is 4.39 Å². The summed E-state index contributed by atoms with van der Waals surface area (Å²) in [6, 6.07) is 0. The van der Waals surface area contributed by atoms with Crippen LogP contribution in [0.5, 0.6) is 0 Å². The van der Waals surface area contributed by atoms with Gasteiger partial charge in [0.15, 0.2) is 0 Å². The highest BCUT2D eigenvalue weighted by atomic mass is 19.1. The quantitative estimate of drug-likeness (QED) is 0.712. The third-order valence-corrected chi connectivity index (χ3v) is 5.74. The normalized spacial score (nSPS) is 45.6. The molecule has 1 aliphatic heterocycles. The highest BCUT2D eigenvalue weighted by Gasteiger charge is 2.68. The lowest BCUT2D eigenvalue weighted by Gasteiger charge is -2.26. The summed E-state index contributed by atoms with van der Waals surface area (Å²) in [6.07, 6.45) is 4.68. The Hall–Kier alpha value is -0.110. The summed E-state index contributed by atoms with van der Waals surface area (Å²) in [5, 5.41) is 0. The van der Waals surface area contributed by atoms with E-state index in [4.69, 9.17) is 0 Å². The van der Waals surface area contributed by atoms with Crippen LogP contribution in [-0.4, -0.2) is 30.2 Å². The van der Waals surface area contributed by atoms with Crippen molar-refractivity contribution in [2.24, 2.45) is 16.7 Å². The molecular weight excluding hydrogens is 201 g/mol. The molecule has 2 aliphatic carbocycles. The van der Waals surface area contributed by atoms with Crippen LogP contribution in [0.3, 0.4) is 0 Å². The first-order chi connectivity index (χ1) is 7.39. The third-order valence-electron chi connectivity index (χ3n) is 5.74. The molecule has 0 aromatic heterocycles. The molecule has 1 heterocycles. The molecule has 0 N–H and O–H groups in total. The largest absolute Gasteiger partial charge is 0.302 e. The standard InChI is InChI=1S/C14H24FN/c1-11(2)13(4-5-13)9-16-7-6-14(10-16)8-12(14,3)15/h11H,4-10H2,1-3H3. The summed E-state index contributed by atoms with van der Waals surface area (Å²) < 4.78 is 13.9. The molecule has 1 nitrogen and oxygen atoms in total. The molecule has 1 spiro atoms. The van der Waals surface area contributed by atoms with E-state index in [0.717, 1.165) is 31.8 Å². The van der Waals surface area contributed by atoms with E-state index >= 15 is 0 Å². The van der Waals surface area contributed by atoms with E-state index in [1.165, 1.54) is 19.4 Å². The molecule has 0 aromatic rings. The fraction of sp³-hybridized carbons (Fsp3) is 1.00. The van der Waals surface area contributed by atoms with Crippen LogP contribution in [0.15, 0.2) is 0 Å². The zero-order valence-electron chi connectivity index (χ0n) is 10.9. The van der Waals surface area contributed by atoms with Crippen molar-refractivity contribution in [3.8, 4) is 0 Å². The highest BCUT2D eigenvalue weighted by Crippen LogP contribution is 2.64.